The Bertz CT molecular complexity index is 555. The molecule has 1 aromatic heterocycles. The first kappa shape index (κ1) is 14.5. The molecule has 0 saturated heterocycles. The SMILES string of the molecule is OC(CCc1ccccn1)c1ccccc1C(F)(F)F. The zero-order valence-electron chi connectivity index (χ0n) is 10.6. The number of aryl methyl sites for hydroxylation is 1. The number of aliphatic hydroxyl groups is 1. The summed E-state index contributed by atoms with van der Waals surface area (Å²) >= 11 is 0. The van der Waals surface area contributed by atoms with Crippen molar-refractivity contribution < 1.29 is 18.3 Å². The molecule has 2 aromatic rings. The zero-order chi connectivity index (χ0) is 14.6. The third-order valence-corrected chi connectivity index (χ3v) is 3.03. The standard InChI is InChI=1S/C15H14F3NO/c16-15(17,18)13-7-2-1-6-12(13)14(20)9-8-11-5-3-4-10-19-11/h1-7,10,14,20H,8-9H2. The summed E-state index contributed by atoms with van der Waals surface area (Å²) in [6, 6.07) is 10.5. The number of alkyl halides is 3. The molecule has 1 unspecified atom stereocenters. The van der Waals surface area contributed by atoms with Gasteiger partial charge < -0.3 is 5.11 Å². The van der Waals surface area contributed by atoms with Gasteiger partial charge in [-0.15, -0.1) is 0 Å². The Labute approximate surface area is 114 Å². The van der Waals surface area contributed by atoms with Crippen LogP contribution in [-0.2, 0) is 12.6 Å². The first-order valence-corrected chi connectivity index (χ1v) is 6.22. The maximum absolute atomic E-state index is 12.8. The highest BCUT2D eigenvalue weighted by molar-refractivity contribution is 5.31. The third-order valence-electron chi connectivity index (χ3n) is 3.03. The largest absolute Gasteiger partial charge is 0.416 e. The summed E-state index contributed by atoms with van der Waals surface area (Å²) in [5.74, 6) is 0. The first-order chi connectivity index (χ1) is 9.48. The Morgan fingerprint density at radius 2 is 1.75 bits per heavy atom. The molecule has 2 nitrogen and oxygen atoms in total. The second-order valence-corrected chi connectivity index (χ2v) is 4.46. The number of hydrogen-bond acceptors (Lipinski definition) is 2. The summed E-state index contributed by atoms with van der Waals surface area (Å²) in [4.78, 5) is 4.08. The number of nitrogens with zero attached hydrogens (tertiary/aromatic N) is 1. The van der Waals surface area contributed by atoms with E-state index in [2.05, 4.69) is 4.98 Å². The number of aromatic nitrogens is 1. The molecule has 1 N–H and O–H groups in total. The summed E-state index contributed by atoms with van der Waals surface area (Å²) in [5.41, 5.74) is -0.125. The van der Waals surface area contributed by atoms with Crippen LogP contribution in [0, 0.1) is 0 Å². The van der Waals surface area contributed by atoms with Crippen LogP contribution in [0.2, 0.25) is 0 Å². The van der Waals surface area contributed by atoms with E-state index in [-0.39, 0.29) is 12.0 Å². The topological polar surface area (TPSA) is 33.1 Å². The minimum atomic E-state index is -4.46. The Morgan fingerprint density at radius 1 is 1.05 bits per heavy atom. The van der Waals surface area contributed by atoms with Crippen molar-refractivity contribution in [2.75, 3.05) is 0 Å². The number of benzene rings is 1. The zero-order valence-corrected chi connectivity index (χ0v) is 10.6. The van der Waals surface area contributed by atoms with Crippen LogP contribution >= 0.6 is 0 Å². The Balaban J connectivity index is 2.12. The maximum Gasteiger partial charge on any atom is 0.416 e. The smallest absolute Gasteiger partial charge is 0.388 e. The van der Waals surface area contributed by atoms with Crippen LogP contribution < -0.4 is 0 Å². The van der Waals surface area contributed by atoms with Gasteiger partial charge in [0, 0.05) is 11.9 Å². The van der Waals surface area contributed by atoms with Gasteiger partial charge in [0.15, 0.2) is 0 Å². The van der Waals surface area contributed by atoms with Crippen LogP contribution in [-0.4, -0.2) is 10.1 Å². The van der Waals surface area contributed by atoms with Gasteiger partial charge in [-0.25, -0.2) is 0 Å². The summed E-state index contributed by atoms with van der Waals surface area (Å²) in [7, 11) is 0. The number of pyridine rings is 1. The minimum Gasteiger partial charge on any atom is -0.388 e. The summed E-state index contributed by atoms with van der Waals surface area (Å²) < 4.78 is 38.5. The second kappa shape index (κ2) is 6.05. The van der Waals surface area contributed by atoms with E-state index in [0.717, 1.165) is 11.8 Å². The number of aliphatic hydroxyl groups excluding tert-OH is 1. The van der Waals surface area contributed by atoms with Gasteiger partial charge in [0.2, 0.25) is 0 Å². The lowest BCUT2D eigenvalue weighted by atomic mass is 9.98. The summed E-state index contributed by atoms with van der Waals surface area (Å²) in [6.07, 6.45) is -3.37. The molecule has 0 saturated carbocycles. The minimum absolute atomic E-state index is 0.0871. The van der Waals surface area contributed by atoms with E-state index in [1.54, 1.807) is 24.4 Å². The quantitative estimate of drug-likeness (QED) is 0.925. The lowest BCUT2D eigenvalue weighted by molar-refractivity contribution is -0.139. The molecule has 0 amide bonds. The molecule has 0 aliphatic heterocycles. The number of hydrogen-bond donors (Lipinski definition) is 1. The highest BCUT2D eigenvalue weighted by atomic mass is 19.4. The van der Waals surface area contributed by atoms with Crippen molar-refractivity contribution in [3.8, 4) is 0 Å². The summed E-state index contributed by atoms with van der Waals surface area (Å²) in [5, 5.41) is 10.00. The highest BCUT2D eigenvalue weighted by Gasteiger charge is 2.34. The van der Waals surface area contributed by atoms with Crippen molar-refractivity contribution in [3.05, 3.63) is 65.5 Å². The van der Waals surface area contributed by atoms with Gasteiger partial charge in [-0.05, 0) is 36.6 Å². The Kier molecular flexibility index (Phi) is 4.39. The molecule has 106 valence electrons. The molecule has 0 spiro atoms. The molecule has 1 atom stereocenters. The molecule has 5 heteroatoms. The van der Waals surface area contributed by atoms with Gasteiger partial charge in [0.25, 0.3) is 0 Å². The third kappa shape index (κ3) is 3.57. The fourth-order valence-corrected chi connectivity index (χ4v) is 2.03. The van der Waals surface area contributed by atoms with Crippen molar-refractivity contribution >= 4 is 0 Å². The normalized spacial score (nSPS) is 13.2. The molecular formula is C15H14F3NO. The van der Waals surface area contributed by atoms with E-state index in [1.165, 1.54) is 18.2 Å². The fraction of sp³-hybridized carbons (Fsp3) is 0.267. The van der Waals surface area contributed by atoms with Crippen molar-refractivity contribution in [1.82, 2.24) is 4.98 Å². The Hall–Kier alpha value is -1.88. The number of rotatable bonds is 4. The van der Waals surface area contributed by atoms with Crippen molar-refractivity contribution in [3.63, 3.8) is 0 Å². The second-order valence-electron chi connectivity index (χ2n) is 4.46. The molecule has 0 bridgehead atoms. The van der Waals surface area contributed by atoms with Crippen LogP contribution in [0.3, 0.4) is 0 Å². The molecule has 20 heavy (non-hydrogen) atoms. The molecule has 0 aliphatic rings. The van der Waals surface area contributed by atoms with E-state index in [9.17, 15) is 18.3 Å². The average molecular weight is 281 g/mol. The highest BCUT2D eigenvalue weighted by Crippen LogP contribution is 2.35. The van der Waals surface area contributed by atoms with E-state index in [0.29, 0.717) is 6.42 Å². The molecule has 1 aromatic carbocycles. The van der Waals surface area contributed by atoms with Crippen molar-refractivity contribution in [2.45, 2.75) is 25.1 Å². The lowest BCUT2D eigenvalue weighted by Crippen LogP contribution is -2.12. The molecule has 0 fully saturated rings. The fourth-order valence-electron chi connectivity index (χ4n) is 2.03. The van der Waals surface area contributed by atoms with Crippen LogP contribution in [0.5, 0.6) is 0 Å². The average Bonchev–Trinajstić information content (AvgIpc) is 2.45. The van der Waals surface area contributed by atoms with E-state index in [4.69, 9.17) is 0 Å². The van der Waals surface area contributed by atoms with Crippen LogP contribution in [0.15, 0.2) is 48.7 Å². The van der Waals surface area contributed by atoms with Crippen LogP contribution in [0.1, 0.15) is 29.3 Å². The molecule has 1 heterocycles. The van der Waals surface area contributed by atoms with E-state index >= 15 is 0 Å². The van der Waals surface area contributed by atoms with Crippen LogP contribution in [0.25, 0.3) is 0 Å². The van der Waals surface area contributed by atoms with Gasteiger partial charge in [0.1, 0.15) is 0 Å². The van der Waals surface area contributed by atoms with Gasteiger partial charge >= 0.3 is 6.18 Å². The van der Waals surface area contributed by atoms with Gasteiger partial charge in [-0.2, -0.15) is 13.2 Å². The predicted octanol–water partition coefficient (Wildman–Crippen LogP) is 3.77. The van der Waals surface area contributed by atoms with E-state index in [1.807, 2.05) is 0 Å². The van der Waals surface area contributed by atoms with Crippen LogP contribution in [0.4, 0.5) is 13.2 Å². The predicted molar refractivity (Wildman–Crippen MR) is 69.0 cm³/mol. The Morgan fingerprint density at radius 3 is 2.40 bits per heavy atom. The van der Waals surface area contributed by atoms with E-state index < -0.39 is 17.8 Å². The monoisotopic (exact) mass is 281 g/mol. The number of halogens is 3. The summed E-state index contributed by atoms with van der Waals surface area (Å²) in [6.45, 7) is 0. The van der Waals surface area contributed by atoms with Gasteiger partial charge in [-0.1, -0.05) is 24.3 Å². The lowest BCUT2D eigenvalue weighted by Gasteiger charge is -2.17. The van der Waals surface area contributed by atoms with Crippen molar-refractivity contribution in [1.29, 1.82) is 0 Å². The molecule has 0 aliphatic carbocycles. The van der Waals surface area contributed by atoms with Gasteiger partial charge in [-0.3, -0.25) is 4.98 Å². The van der Waals surface area contributed by atoms with Gasteiger partial charge in [0.05, 0.1) is 11.7 Å². The first-order valence-electron chi connectivity index (χ1n) is 6.22. The molecular weight excluding hydrogens is 267 g/mol. The molecule has 2 rings (SSSR count). The van der Waals surface area contributed by atoms with Crippen molar-refractivity contribution in [2.24, 2.45) is 0 Å². The molecule has 0 radical (unpaired) electrons. The maximum atomic E-state index is 12.8.